The second kappa shape index (κ2) is 13.5. The summed E-state index contributed by atoms with van der Waals surface area (Å²) < 4.78 is 11.1. The molecule has 12 heteroatoms. The van der Waals surface area contributed by atoms with Crippen LogP contribution in [-0.2, 0) is 20.9 Å². The van der Waals surface area contributed by atoms with Gasteiger partial charge in [0.2, 0.25) is 17.7 Å². The van der Waals surface area contributed by atoms with Gasteiger partial charge in [-0.15, -0.1) is 0 Å². The molecule has 1 amide bonds. The van der Waals surface area contributed by atoms with Gasteiger partial charge in [0.25, 0.3) is 0 Å². The molecule has 0 bridgehead atoms. The van der Waals surface area contributed by atoms with Crippen LogP contribution in [0.3, 0.4) is 0 Å². The summed E-state index contributed by atoms with van der Waals surface area (Å²) in [5, 5.41) is 1.05. The highest BCUT2D eigenvalue weighted by Gasteiger charge is 2.44. The first-order valence-electron chi connectivity index (χ1n) is 15.4. The Bertz CT molecular complexity index is 1530. The summed E-state index contributed by atoms with van der Waals surface area (Å²) in [6, 6.07) is 9.34. The van der Waals surface area contributed by atoms with Crippen molar-refractivity contribution in [3.63, 3.8) is 0 Å². The maximum Gasteiger partial charge on any atom is 0.305 e. The van der Waals surface area contributed by atoms with Gasteiger partial charge in [0.05, 0.1) is 25.2 Å². The van der Waals surface area contributed by atoms with Crippen molar-refractivity contribution in [2.75, 3.05) is 51.3 Å². The van der Waals surface area contributed by atoms with E-state index in [1.165, 1.54) is 7.11 Å². The van der Waals surface area contributed by atoms with Crippen molar-refractivity contribution in [3.05, 3.63) is 58.3 Å². The zero-order chi connectivity index (χ0) is 31.6. The van der Waals surface area contributed by atoms with Crippen LogP contribution in [0.1, 0.15) is 44.6 Å². The Kier molecular flexibility index (Phi) is 9.44. The topological polar surface area (TPSA) is 101 Å². The van der Waals surface area contributed by atoms with E-state index in [-0.39, 0.29) is 17.3 Å². The van der Waals surface area contributed by atoms with Crippen LogP contribution in [0.2, 0.25) is 10.0 Å². The van der Waals surface area contributed by atoms with Crippen molar-refractivity contribution in [3.8, 4) is 22.9 Å². The van der Waals surface area contributed by atoms with E-state index < -0.39 is 0 Å². The first-order chi connectivity index (χ1) is 21.7. The number of pyridine rings is 1. The molecule has 10 nitrogen and oxygen atoms in total. The van der Waals surface area contributed by atoms with Crippen molar-refractivity contribution in [1.82, 2.24) is 24.8 Å². The van der Waals surface area contributed by atoms with Gasteiger partial charge in [0.15, 0.2) is 5.75 Å². The SMILES string of the molecule is COC(=O)CC1CCN(Cc2cc(Oc3cnc(N4CCC5(CCN(C(C)=O)C5)C4)nc3)nc(-c3cc(Cl)cc(Cl)c3)c2)CC1. The molecule has 3 aliphatic rings. The molecule has 1 unspecified atom stereocenters. The van der Waals surface area contributed by atoms with E-state index in [4.69, 9.17) is 37.7 Å². The summed E-state index contributed by atoms with van der Waals surface area (Å²) in [5.74, 6) is 1.90. The third-order valence-corrected chi connectivity index (χ3v) is 9.69. The van der Waals surface area contributed by atoms with Crippen LogP contribution in [0.4, 0.5) is 5.95 Å². The summed E-state index contributed by atoms with van der Waals surface area (Å²) in [6.45, 7) is 7.44. The summed E-state index contributed by atoms with van der Waals surface area (Å²) in [4.78, 5) is 44.2. The minimum atomic E-state index is -0.148. The molecule has 1 spiro atoms. The Morgan fingerprint density at radius 1 is 0.956 bits per heavy atom. The number of methoxy groups -OCH3 is 1. The highest BCUT2D eigenvalue weighted by molar-refractivity contribution is 6.35. The fraction of sp³-hybridized carbons (Fsp3) is 0.485. The van der Waals surface area contributed by atoms with E-state index in [1.54, 1.807) is 25.4 Å². The molecule has 5 heterocycles. The Hall–Kier alpha value is -3.47. The molecular weight excluding hydrogens is 615 g/mol. The molecule has 3 saturated heterocycles. The Labute approximate surface area is 273 Å². The zero-order valence-electron chi connectivity index (χ0n) is 25.7. The maximum atomic E-state index is 11.9. The summed E-state index contributed by atoms with van der Waals surface area (Å²) in [6.07, 6.45) is 7.75. The van der Waals surface area contributed by atoms with Crippen LogP contribution < -0.4 is 9.64 Å². The predicted octanol–water partition coefficient (Wildman–Crippen LogP) is 5.86. The van der Waals surface area contributed by atoms with E-state index in [1.807, 2.05) is 29.2 Å². The average molecular weight is 654 g/mol. The van der Waals surface area contributed by atoms with Crippen LogP contribution >= 0.6 is 23.2 Å². The van der Waals surface area contributed by atoms with Gasteiger partial charge in [-0.25, -0.2) is 15.0 Å². The lowest BCUT2D eigenvalue weighted by Gasteiger charge is -2.31. The van der Waals surface area contributed by atoms with Crippen molar-refractivity contribution >= 4 is 41.0 Å². The van der Waals surface area contributed by atoms with Gasteiger partial charge in [-0.3, -0.25) is 14.5 Å². The van der Waals surface area contributed by atoms with Gasteiger partial charge in [0.1, 0.15) is 0 Å². The third-order valence-electron chi connectivity index (χ3n) is 9.26. The highest BCUT2D eigenvalue weighted by atomic mass is 35.5. The molecule has 0 radical (unpaired) electrons. The molecule has 2 aromatic heterocycles. The second-order valence-electron chi connectivity index (χ2n) is 12.5. The number of hydrogen-bond acceptors (Lipinski definition) is 9. The number of carbonyl (C=O) groups is 2. The predicted molar refractivity (Wildman–Crippen MR) is 173 cm³/mol. The molecular formula is C33H38Cl2N6O4. The number of piperidine rings is 1. The summed E-state index contributed by atoms with van der Waals surface area (Å²) in [7, 11) is 1.44. The molecule has 3 fully saturated rings. The van der Waals surface area contributed by atoms with E-state index >= 15 is 0 Å². The van der Waals surface area contributed by atoms with Crippen LogP contribution in [0.15, 0.2) is 42.7 Å². The first-order valence-corrected chi connectivity index (χ1v) is 16.2. The molecule has 1 aromatic carbocycles. The van der Waals surface area contributed by atoms with Crippen molar-refractivity contribution in [2.45, 2.75) is 45.6 Å². The highest BCUT2D eigenvalue weighted by Crippen LogP contribution is 2.40. The minimum Gasteiger partial charge on any atom is -0.469 e. The summed E-state index contributed by atoms with van der Waals surface area (Å²) in [5.41, 5.74) is 2.64. The fourth-order valence-electron chi connectivity index (χ4n) is 6.77. The lowest BCUT2D eigenvalue weighted by atomic mass is 9.86. The smallest absolute Gasteiger partial charge is 0.305 e. The maximum absolute atomic E-state index is 11.9. The number of anilines is 1. The van der Waals surface area contributed by atoms with Crippen molar-refractivity contribution in [2.24, 2.45) is 11.3 Å². The standard InChI is InChI=1S/C33H38Cl2N6O4/c1-22(42)40-9-5-33(20-40)6-10-41(21-33)32-36-17-28(18-37-32)45-30-12-24(11-29(38-30)25-14-26(34)16-27(35)15-25)19-39-7-3-23(4-8-39)13-31(43)44-2/h11-12,14-18,23H,3-10,13,19-21H2,1-2H3. The number of benzene rings is 1. The molecule has 238 valence electrons. The lowest BCUT2D eigenvalue weighted by molar-refractivity contribution is -0.142. The lowest BCUT2D eigenvalue weighted by Crippen LogP contribution is -2.34. The van der Waals surface area contributed by atoms with Crippen LogP contribution in [-0.4, -0.2) is 83.0 Å². The third kappa shape index (κ3) is 7.68. The van der Waals surface area contributed by atoms with Gasteiger partial charge in [0, 0.05) is 73.2 Å². The van der Waals surface area contributed by atoms with E-state index in [9.17, 15) is 9.59 Å². The minimum absolute atomic E-state index is 0.116. The Morgan fingerprint density at radius 3 is 2.33 bits per heavy atom. The van der Waals surface area contributed by atoms with Gasteiger partial charge >= 0.3 is 5.97 Å². The average Bonchev–Trinajstić information content (AvgIpc) is 3.64. The number of esters is 1. The first kappa shape index (κ1) is 31.5. The number of aromatic nitrogens is 3. The number of nitrogens with zero attached hydrogens (tertiary/aromatic N) is 6. The molecule has 1 atom stereocenters. The normalized spacial score (nSPS) is 20.6. The second-order valence-corrected chi connectivity index (χ2v) is 13.4. The van der Waals surface area contributed by atoms with E-state index in [2.05, 4.69) is 19.8 Å². The number of ether oxygens (including phenoxy) is 2. The fourth-order valence-corrected chi connectivity index (χ4v) is 7.29. The molecule has 6 rings (SSSR count). The van der Waals surface area contributed by atoms with Crippen molar-refractivity contribution in [1.29, 1.82) is 0 Å². The number of rotatable bonds is 8. The molecule has 3 aromatic rings. The number of likely N-dealkylation sites (tertiary alicyclic amines) is 2. The zero-order valence-corrected chi connectivity index (χ0v) is 27.2. The molecule has 0 saturated carbocycles. The van der Waals surface area contributed by atoms with Crippen LogP contribution in [0.25, 0.3) is 11.3 Å². The van der Waals surface area contributed by atoms with E-state index in [0.717, 1.165) is 76.1 Å². The van der Waals surface area contributed by atoms with Gasteiger partial charge in [-0.2, -0.15) is 0 Å². The van der Waals surface area contributed by atoms with Gasteiger partial charge < -0.3 is 19.3 Å². The Morgan fingerprint density at radius 2 is 1.67 bits per heavy atom. The summed E-state index contributed by atoms with van der Waals surface area (Å²) >= 11 is 12.7. The molecule has 0 aliphatic carbocycles. The number of amides is 1. The van der Waals surface area contributed by atoms with E-state index in [0.29, 0.717) is 52.2 Å². The van der Waals surface area contributed by atoms with Crippen LogP contribution in [0.5, 0.6) is 11.6 Å². The van der Waals surface area contributed by atoms with Crippen LogP contribution in [0, 0.1) is 11.3 Å². The number of carbonyl (C=O) groups excluding carboxylic acids is 2. The van der Waals surface area contributed by atoms with Gasteiger partial charge in [-0.1, -0.05) is 23.2 Å². The Balaban J connectivity index is 1.16. The molecule has 3 aliphatic heterocycles. The van der Waals surface area contributed by atoms with Crippen molar-refractivity contribution < 1.29 is 19.1 Å². The van der Waals surface area contributed by atoms with Gasteiger partial charge in [-0.05, 0) is 74.5 Å². The number of hydrogen-bond donors (Lipinski definition) is 0. The monoisotopic (exact) mass is 652 g/mol. The number of halogens is 2. The molecule has 0 N–H and O–H groups in total. The quantitative estimate of drug-likeness (QED) is 0.277. The molecule has 45 heavy (non-hydrogen) atoms. The largest absolute Gasteiger partial charge is 0.469 e.